The minimum Gasteiger partial charge on any atom is -0.493 e. The molecule has 0 saturated carbocycles. The number of rotatable bonds is 7. The van der Waals surface area contributed by atoms with Gasteiger partial charge in [-0.1, -0.05) is 27.7 Å². The summed E-state index contributed by atoms with van der Waals surface area (Å²) >= 11 is 0. The van der Waals surface area contributed by atoms with Crippen LogP contribution in [-0.4, -0.2) is 26.7 Å². The zero-order chi connectivity index (χ0) is 16.8. The highest BCUT2D eigenvalue weighted by Crippen LogP contribution is 2.29. The normalized spacial score (nSPS) is 12.4. The van der Waals surface area contributed by atoms with Crippen molar-refractivity contribution < 1.29 is 9.47 Å². The third kappa shape index (κ3) is 5.84. The van der Waals surface area contributed by atoms with E-state index in [2.05, 4.69) is 38.0 Å². The number of guanidine groups is 1. The van der Waals surface area contributed by atoms with Gasteiger partial charge in [0.25, 0.3) is 0 Å². The molecule has 0 spiro atoms. The van der Waals surface area contributed by atoms with Crippen molar-refractivity contribution in [1.29, 1.82) is 0 Å². The van der Waals surface area contributed by atoms with Gasteiger partial charge >= 0.3 is 0 Å². The topological polar surface area (TPSA) is 68.9 Å². The molecule has 0 amide bonds. The molecule has 0 aliphatic heterocycles. The van der Waals surface area contributed by atoms with E-state index in [0.717, 1.165) is 12.1 Å². The Labute approximate surface area is 133 Å². The Morgan fingerprint density at radius 1 is 1.23 bits per heavy atom. The van der Waals surface area contributed by atoms with Gasteiger partial charge in [0.15, 0.2) is 17.5 Å². The van der Waals surface area contributed by atoms with E-state index in [1.165, 1.54) is 0 Å². The summed E-state index contributed by atoms with van der Waals surface area (Å²) in [5, 5.41) is 3.09. The number of nitrogens with two attached hydrogens (primary N) is 1. The van der Waals surface area contributed by atoms with Gasteiger partial charge in [0.05, 0.1) is 14.2 Å². The van der Waals surface area contributed by atoms with Crippen molar-refractivity contribution in [2.75, 3.05) is 26.1 Å². The average Bonchev–Trinajstić information content (AvgIpc) is 2.44. The van der Waals surface area contributed by atoms with Crippen LogP contribution in [0.5, 0.6) is 11.5 Å². The summed E-state index contributed by atoms with van der Waals surface area (Å²) in [6.07, 6.45) is 1.11. The number of hydrogen-bond acceptors (Lipinski definition) is 3. The molecule has 0 radical (unpaired) electrons. The highest BCUT2D eigenvalue weighted by molar-refractivity contribution is 5.92. The van der Waals surface area contributed by atoms with Crippen molar-refractivity contribution in [3.05, 3.63) is 18.2 Å². The Morgan fingerprint density at radius 3 is 2.41 bits per heavy atom. The molecule has 0 fully saturated rings. The Kier molecular flexibility index (Phi) is 6.53. The van der Waals surface area contributed by atoms with Crippen LogP contribution in [0.4, 0.5) is 5.69 Å². The number of anilines is 1. The van der Waals surface area contributed by atoms with Gasteiger partial charge in [-0.05, 0) is 29.9 Å². The molecule has 5 heteroatoms. The quantitative estimate of drug-likeness (QED) is 0.597. The molecule has 22 heavy (non-hydrogen) atoms. The molecule has 0 bridgehead atoms. The van der Waals surface area contributed by atoms with Crippen molar-refractivity contribution >= 4 is 11.6 Å². The number of methoxy groups -OCH3 is 2. The van der Waals surface area contributed by atoms with Crippen molar-refractivity contribution in [3.8, 4) is 11.5 Å². The minimum atomic E-state index is 0.137. The lowest BCUT2D eigenvalue weighted by Gasteiger charge is -2.24. The zero-order valence-electron chi connectivity index (χ0n) is 14.6. The lowest BCUT2D eigenvalue weighted by Crippen LogP contribution is -2.26. The fourth-order valence-electron chi connectivity index (χ4n) is 2.57. The van der Waals surface area contributed by atoms with Gasteiger partial charge in [0.1, 0.15) is 0 Å². The lowest BCUT2D eigenvalue weighted by atomic mass is 9.84. The summed E-state index contributed by atoms with van der Waals surface area (Å²) in [4.78, 5) is 4.45. The SMILES string of the molecule is COc1ccc(NC(N)=NCC(C)(C)CC(C)C)cc1OC. The molecule has 124 valence electrons. The van der Waals surface area contributed by atoms with Gasteiger partial charge in [-0.25, -0.2) is 0 Å². The first-order valence-corrected chi connectivity index (χ1v) is 7.56. The van der Waals surface area contributed by atoms with Gasteiger partial charge in [-0.2, -0.15) is 0 Å². The van der Waals surface area contributed by atoms with Gasteiger partial charge < -0.3 is 20.5 Å². The molecule has 0 aliphatic carbocycles. The largest absolute Gasteiger partial charge is 0.493 e. The first-order valence-electron chi connectivity index (χ1n) is 7.56. The molecule has 0 atom stereocenters. The zero-order valence-corrected chi connectivity index (χ0v) is 14.6. The van der Waals surface area contributed by atoms with Gasteiger partial charge in [0, 0.05) is 18.3 Å². The van der Waals surface area contributed by atoms with Crippen molar-refractivity contribution in [1.82, 2.24) is 0 Å². The number of ether oxygens (including phenoxy) is 2. The minimum absolute atomic E-state index is 0.137. The third-order valence-electron chi connectivity index (χ3n) is 3.29. The number of nitrogens with one attached hydrogen (secondary N) is 1. The smallest absolute Gasteiger partial charge is 0.193 e. The first-order chi connectivity index (χ1) is 10.3. The first kappa shape index (κ1) is 18.1. The highest BCUT2D eigenvalue weighted by Gasteiger charge is 2.19. The monoisotopic (exact) mass is 307 g/mol. The molecule has 0 saturated heterocycles. The summed E-state index contributed by atoms with van der Waals surface area (Å²) in [6.45, 7) is 9.55. The Bertz CT molecular complexity index is 511. The fourth-order valence-corrected chi connectivity index (χ4v) is 2.57. The predicted molar refractivity (Wildman–Crippen MR) is 92.9 cm³/mol. The Hall–Kier alpha value is -1.91. The predicted octanol–water partition coefficient (Wildman–Crippen LogP) is 3.50. The Morgan fingerprint density at radius 2 is 1.86 bits per heavy atom. The van der Waals surface area contributed by atoms with E-state index >= 15 is 0 Å². The molecule has 3 N–H and O–H groups in total. The fraction of sp³-hybridized carbons (Fsp3) is 0.588. The van der Waals surface area contributed by atoms with Gasteiger partial charge in [-0.15, -0.1) is 0 Å². The lowest BCUT2D eigenvalue weighted by molar-refractivity contribution is 0.298. The maximum atomic E-state index is 5.97. The van der Waals surface area contributed by atoms with E-state index < -0.39 is 0 Å². The second kappa shape index (κ2) is 7.92. The molecule has 1 rings (SSSR count). The summed E-state index contributed by atoms with van der Waals surface area (Å²) in [6, 6.07) is 5.54. The van der Waals surface area contributed by atoms with E-state index in [-0.39, 0.29) is 5.41 Å². The Balaban J connectivity index is 2.72. The van der Waals surface area contributed by atoms with Crippen LogP contribution >= 0.6 is 0 Å². The summed E-state index contributed by atoms with van der Waals surface area (Å²) < 4.78 is 10.5. The number of aliphatic imine (C=N–C) groups is 1. The number of benzene rings is 1. The highest BCUT2D eigenvalue weighted by atomic mass is 16.5. The molecule has 1 aromatic rings. The molecule has 0 aromatic heterocycles. The molecule has 0 unspecified atom stereocenters. The van der Waals surface area contributed by atoms with Crippen molar-refractivity contribution in [3.63, 3.8) is 0 Å². The van der Waals surface area contributed by atoms with E-state index in [4.69, 9.17) is 15.2 Å². The van der Waals surface area contributed by atoms with Crippen LogP contribution in [0.25, 0.3) is 0 Å². The van der Waals surface area contributed by atoms with Crippen LogP contribution in [-0.2, 0) is 0 Å². The van der Waals surface area contributed by atoms with Crippen LogP contribution in [0.3, 0.4) is 0 Å². The standard InChI is InChI=1S/C17H29N3O2/c1-12(2)10-17(3,4)11-19-16(18)20-13-7-8-14(21-5)15(9-13)22-6/h7-9,12H,10-11H2,1-6H3,(H3,18,19,20). The van der Waals surface area contributed by atoms with E-state index in [1.807, 2.05) is 18.2 Å². The average molecular weight is 307 g/mol. The van der Waals surface area contributed by atoms with E-state index in [9.17, 15) is 0 Å². The molecule has 5 nitrogen and oxygen atoms in total. The van der Waals surface area contributed by atoms with Gasteiger partial charge in [0.2, 0.25) is 0 Å². The van der Waals surface area contributed by atoms with Crippen LogP contribution in [0, 0.1) is 11.3 Å². The summed E-state index contributed by atoms with van der Waals surface area (Å²) in [5.41, 5.74) is 6.93. The van der Waals surface area contributed by atoms with Crippen LogP contribution in [0.2, 0.25) is 0 Å². The van der Waals surface area contributed by atoms with Crippen molar-refractivity contribution in [2.45, 2.75) is 34.1 Å². The second-order valence-electron chi connectivity index (χ2n) is 6.66. The van der Waals surface area contributed by atoms with Crippen LogP contribution < -0.4 is 20.5 Å². The van der Waals surface area contributed by atoms with Crippen LogP contribution in [0.1, 0.15) is 34.1 Å². The van der Waals surface area contributed by atoms with E-state index in [0.29, 0.717) is 29.9 Å². The molecule has 0 aliphatic rings. The van der Waals surface area contributed by atoms with E-state index in [1.54, 1.807) is 14.2 Å². The molecular formula is C17H29N3O2. The summed E-state index contributed by atoms with van der Waals surface area (Å²) in [7, 11) is 3.21. The molecule has 0 heterocycles. The van der Waals surface area contributed by atoms with Gasteiger partial charge in [-0.3, -0.25) is 4.99 Å². The summed E-state index contributed by atoms with van der Waals surface area (Å²) in [5.74, 6) is 2.39. The number of hydrogen-bond donors (Lipinski definition) is 2. The number of nitrogens with zero attached hydrogens (tertiary/aromatic N) is 1. The maximum Gasteiger partial charge on any atom is 0.193 e. The second-order valence-corrected chi connectivity index (χ2v) is 6.66. The molecular weight excluding hydrogens is 278 g/mol. The molecule has 1 aromatic carbocycles. The third-order valence-corrected chi connectivity index (χ3v) is 3.29. The van der Waals surface area contributed by atoms with Crippen molar-refractivity contribution in [2.24, 2.45) is 22.1 Å². The maximum absolute atomic E-state index is 5.97. The van der Waals surface area contributed by atoms with Crippen LogP contribution in [0.15, 0.2) is 23.2 Å².